The van der Waals surface area contributed by atoms with Crippen molar-refractivity contribution in [2.24, 2.45) is 9.98 Å². The molecule has 0 aliphatic carbocycles. The lowest BCUT2D eigenvalue weighted by atomic mass is 9.91. The highest BCUT2D eigenvalue weighted by atomic mass is 32.2. The zero-order valence-electron chi connectivity index (χ0n) is 31.3. The average molecular weight is 737 g/mol. The van der Waals surface area contributed by atoms with Gasteiger partial charge in [0.25, 0.3) is 0 Å². The van der Waals surface area contributed by atoms with E-state index in [1.807, 2.05) is 0 Å². The lowest BCUT2D eigenvalue weighted by molar-refractivity contribution is 1.19. The normalized spacial score (nSPS) is 14.6. The number of benzene rings is 4. The van der Waals surface area contributed by atoms with Gasteiger partial charge in [-0.2, -0.15) is 0 Å². The van der Waals surface area contributed by atoms with Crippen LogP contribution in [0, 0.1) is 41.5 Å². The van der Waals surface area contributed by atoms with Gasteiger partial charge in [-0.25, -0.2) is 9.98 Å². The van der Waals surface area contributed by atoms with E-state index in [0.717, 1.165) is 65.2 Å². The fraction of sp³-hybridized carbons (Fsp3) is 0.125. The number of aryl methyl sites for hydroxylation is 6. The quantitative estimate of drug-likeness (QED) is 0.180. The monoisotopic (exact) mass is 736 g/mol. The number of rotatable bonds is 6. The summed E-state index contributed by atoms with van der Waals surface area (Å²) in [4.78, 5) is 23.4. The van der Waals surface area contributed by atoms with Gasteiger partial charge < -0.3 is 9.97 Å². The summed E-state index contributed by atoms with van der Waals surface area (Å²) in [6.07, 6.45) is 8.69. The van der Waals surface area contributed by atoms with E-state index in [4.69, 9.17) is 9.98 Å². The average Bonchev–Trinajstić information content (AvgIpc) is 3.96. The summed E-state index contributed by atoms with van der Waals surface area (Å²) in [7, 11) is 0. The van der Waals surface area contributed by atoms with Crippen LogP contribution in [0.1, 0.15) is 44.5 Å². The molecule has 3 aliphatic heterocycles. The number of nitrogens with one attached hydrogen (secondary N) is 2. The van der Waals surface area contributed by atoms with Crippen LogP contribution in [0.15, 0.2) is 151 Å². The van der Waals surface area contributed by atoms with Crippen molar-refractivity contribution in [1.82, 2.24) is 9.97 Å². The van der Waals surface area contributed by atoms with Gasteiger partial charge in [0.1, 0.15) is 0 Å². The number of aliphatic imine (C=N–C) groups is 2. The first-order valence-corrected chi connectivity index (χ1v) is 20.0. The summed E-state index contributed by atoms with van der Waals surface area (Å²) in [6.45, 7) is 13.2. The molecule has 3 aliphatic rings. The molecule has 2 aromatic heterocycles. The molecule has 0 radical (unpaired) electrons. The first-order chi connectivity index (χ1) is 26.2. The van der Waals surface area contributed by atoms with E-state index in [9.17, 15) is 0 Å². The fourth-order valence-corrected chi connectivity index (χ4v) is 10.1. The molecule has 5 heterocycles. The lowest BCUT2D eigenvalue weighted by Gasteiger charge is -2.15. The number of hydrogen-bond acceptors (Lipinski definition) is 4. The maximum atomic E-state index is 5.46. The molecule has 9 rings (SSSR count). The molecular formula is C48H40N4S2. The second-order valence-corrected chi connectivity index (χ2v) is 16.6. The smallest absolute Gasteiger partial charge is 0.0873 e. The molecule has 4 aromatic carbocycles. The highest BCUT2D eigenvalue weighted by Crippen LogP contribution is 2.33. The van der Waals surface area contributed by atoms with E-state index >= 15 is 0 Å². The van der Waals surface area contributed by atoms with Crippen LogP contribution in [-0.2, 0) is 0 Å². The van der Waals surface area contributed by atoms with Crippen molar-refractivity contribution in [2.45, 2.75) is 61.1 Å². The third-order valence-corrected chi connectivity index (χ3v) is 12.3. The van der Waals surface area contributed by atoms with Crippen molar-refractivity contribution in [2.75, 3.05) is 0 Å². The molecule has 0 saturated heterocycles. The minimum absolute atomic E-state index is 0.903. The van der Waals surface area contributed by atoms with E-state index in [1.165, 1.54) is 54.3 Å². The summed E-state index contributed by atoms with van der Waals surface area (Å²) in [5.74, 6) is 0. The van der Waals surface area contributed by atoms with Crippen molar-refractivity contribution in [1.29, 1.82) is 0 Å². The number of aromatic nitrogens is 2. The highest BCUT2D eigenvalue weighted by molar-refractivity contribution is 7.99. The standard InChI is InChI=1S/C48H40N4S2/c1-27-21-29(3)43(30(4)22-27)45-37-19-17-35(49-37)40-26-42(54-34-15-11-8-12-16-34)48(52-40)46(44-31(5)23-28(2)24-32(44)6)38-20-18-36(50-38)39-25-41(47(45)51-39)53-33-13-9-7-10-14-33/h7-26,51-52H,1-6H3. The Labute approximate surface area is 324 Å². The molecule has 0 saturated carbocycles. The molecule has 2 N–H and O–H groups in total. The third-order valence-electron chi connectivity index (χ3n) is 10.2. The van der Waals surface area contributed by atoms with Crippen LogP contribution >= 0.6 is 23.5 Å². The number of hydrogen-bond donors (Lipinski definition) is 2. The zero-order valence-corrected chi connectivity index (χ0v) is 32.9. The molecule has 54 heavy (non-hydrogen) atoms. The van der Waals surface area contributed by atoms with E-state index in [1.54, 1.807) is 23.5 Å². The van der Waals surface area contributed by atoms with Gasteiger partial charge in [0, 0.05) is 30.7 Å². The van der Waals surface area contributed by atoms with Crippen molar-refractivity contribution in [3.05, 3.63) is 187 Å². The van der Waals surface area contributed by atoms with Crippen LogP contribution in [-0.4, -0.2) is 21.4 Å². The fourth-order valence-electron chi connectivity index (χ4n) is 8.12. The molecule has 0 unspecified atom stereocenters. The lowest BCUT2D eigenvalue weighted by Crippen LogP contribution is -2.22. The summed E-state index contributed by atoms with van der Waals surface area (Å²) >= 11 is 3.54. The van der Waals surface area contributed by atoms with Crippen LogP contribution in [0.3, 0.4) is 0 Å². The molecule has 0 atom stereocenters. The maximum Gasteiger partial charge on any atom is 0.0873 e. The summed E-state index contributed by atoms with van der Waals surface area (Å²) in [5.41, 5.74) is 15.6. The molecule has 6 heteroatoms. The first-order valence-electron chi connectivity index (χ1n) is 18.3. The summed E-state index contributed by atoms with van der Waals surface area (Å²) in [6, 6.07) is 34.9. The van der Waals surface area contributed by atoms with Gasteiger partial charge in [-0.3, -0.25) is 0 Å². The van der Waals surface area contributed by atoms with Gasteiger partial charge in [-0.05, 0) is 136 Å². The molecule has 0 fully saturated rings. The minimum Gasteiger partial charge on any atom is -0.352 e. The minimum atomic E-state index is 0.903. The molecule has 4 nitrogen and oxygen atoms in total. The van der Waals surface area contributed by atoms with Crippen molar-refractivity contribution in [3.8, 4) is 0 Å². The predicted molar refractivity (Wildman–Crippen MR) is 228 cm³/mol. The highest BCUT2D eigenvalue weighted by Gasteiger charge is 2.24. The Morgan fingerprint density at radius 2 is 0.815 bits per heavy atom. The topological polar surface area (TPSA) is 56.3 Å². The Balaban J connectivity index is 1.43. The maximum absolute atomic E-state index is 5.46. The van der Waals surface area contributed by atoms with E-state index in [2.05, 4.69) is 173 Å². The van der Waals surface area contributed by atoms with Gasteiger partial charge in [0.15, 0.2) is 0 Å². The second-order valence-electron chi connectivity index (χ2n) is 14.4. The van der Waals surface area contributed by atoms with Crippen LogP contribution in [0.4, 0.5) is 0 Å². The Hall–Kier alpha value is -5.56. The Kier molecular flexibility index (Phi) is 8.68. The molecule has 8 bridgehead atoms. The largest absolute Gasteiger partial charge is 0.352 e. The predicted octanol–water partition coefficient (Wildman–Crippen LogP) is 8.85. The molecule has 0 spiro atoms. The van der Waals surface area contributed by atoms with Crippen LogP contribution in [0.25, 0.3) is 22.5 Å². The van der Waals surface area contributed by atoms with E-state index < -0.39 is 0 Å². The first kappa shape index (κ1) is 34.2. The molecule has 264 valence electrons. The summed E-state index contributed by atoms with van der Waals surface area (Å²) < 4.78 is 0. The second kappa shape index (κ2) is 13.7. The van der Waals surface area contributed by atoms with E-state index in [-0.39, 0.29) is 0 Å². The Morgan fingerprint density at radius 1 is 0.444 bits per heavy atom. The number of H-pyrrole nitrogens is 2. The Morgan fingerprint density at radius 3 is 1.19 bits per heavy atom. The van der Waals surface area contributed by atoms with Gasteiger partial charge >= 0.3 is 0 Å². The van der Waals surface area contributed by atoms with Crippen LogP contribution in [0.5, 0.6) is 0 Å². The number of fused-ring (bicyclic) bond motifs is 6. The number of nitrogens with zero attached hydrogens (tertiary/aromatic N) is 2. The SMILES string of the molecule is Cc1cc(C)c(C2=c3[nH]c(cc3Sc3ccccc3)=C3C=CC(=N3)C(c3c(C)cc(C)cc3C)=c3[nH]c(cc3Sc3ccccc3)=C3C=CC2=N3)c(C)c1. The van der Waals surface area contributed by atoms with Crippen molar-refractivity contribution >= 4 is 57.5 Å². The molecule has 6 aromatic rings. The zero-order chi connectivity index (χ0) is 37.1. The van der Waals surface area contributed by atoms with Gasteiger partial charge in [0.2, 0.25) is 0 Å². The Bertz CT molecular complexity index is 2670. The van der Waals surface area contributed by atoms with Crippen LogP contribution in [0.2, 0.25) is 0 Å². The summed E-state index contributed by atoms with van der Waals surface area (Å²) in [5, 5.41) is 4.03. The van der Waals surface area contributed by atoms with Gasteiger partial charge in [0.05, 0.1) is 44.2 Å². The van der Waals surface area contributed by atoms with Crippen molar-refractivity contribution < 1.29 is 0 Å². The van der Waals surface area contributed by atoms with Gasteiger partial charge in [-0.15, -0.1) is 0 Å². The van der Waals surface area contributed by atoms with Gasteiger partial charge in [-0.1, -0.05) is 95.3 Å². The molecular weight excluding hydrogens is 697 g/mol. The van der Waals surface area contributed by atoms with Crippen molar-refractivity contribution in [3.63, 3.8) is 0 Å². The third kappa shape index (κ3) is 6.19. The van der Waals surface area contributed by atoms with Crippen LogP contribution < -0.4 is 21.4 Å². The number of aromatic amines is 2. The van der Waals surface area contributed by atoms with E-state index in [0.29, 0.717) is 0 Å². The number of allylic oxidation sites excluding steroid dienone is 2. The molecule has 0 amide bonds.